The van der Waals surface area contributed by atoms with Gasteiger partial charge >= 0.3 is 0 Å². The highest BCUT2D eigenvalue weighted by Gasteiger charge is 2.08. The molecule has 0 saturated carbocycles. The first-order valence-corrected chi connectivity index (χ1v) is 5.71. The van der Waals surface area contributed by atoms with E-state index in [4.69, 9.17) is 16.7 Å². The van der Waals surface area contributed by atoms with Crippen molar-refractivity contribution in [1.82, 2.24) is 10.3 Å². The van der Waals surface area contributed by atoms with Crippen molar-refractivity contribution in [2.75, 3.05) is 13.2 Å². The Kier molecular flexibility index (Phi) is 3.66. The Morgan fingerprint density at radius 3 is 3.06 bits per heavy atom. The van der Waals surface area contributed by atoms with Gasteiger partial charge in [0.25, 0.3) is 0 Å². The number of nitrogens with one attached hydrogen (secondary N) is 2. The van der Waals surface area contributed by atoms with Gasteiger partial charge in [-0.15, -0.1) is 0 Å². The van der Waals surface area contributed by atoms with Crippen LogP contribution in [0.1, 0.15) is 5.56 Å². The van der Waals surface area contributed by atoms with Crippen LogP contribution in [0.25, 0.3) is 10.9 Å². The summed E-state index contributed by atoms with van der Waals surface area (Å²) in [5.74, 6) is -0.102. The standard InChI is InChI=1S/C12H13ClN2O2/c13-9-1-2-10-8(7-15-11(10)6-9)5-12(17)14-3-4-16/h1-2,6-7,15-16H,3-5H2,(H,14,17). The van der Waals surface area contributed by atoms with E-state index in [1.165, 1.54) is 0 Å². The Labute approximate surface area is 104 Å². The molecule has 17 heavy (non-hydrogen) atoms. The maximum Gasteiger partial charge on any atom is 0.224 e. The topological polar surface area (TPSA) is 65.1 Å². The number of halogens is 1. The summed E-state index contributed by atoms with van der Waals surface area (Å²) >= 11 is 5.88. The minimum absolute atomic E-state index is 0.0464. The minimum Gasteiger partial charge on any atom is -0.395 e. The number of carbonyl (C=O) groups excluding carboxylic acids is 1. The number of H-pyrrole nitrogens is 1. The molecule has 0 unspecified atom stereocenters. The summed E-state index contributed by atoms with van der Waals surface area (Å²) in [5, 5.41) is 12.9. The molecule has 3 N–H and O–H groups in total. The van der Waals surface area contributed by atoms with Gasteiger partial charge in [-0.2, -0.15) is 0 Å². The summed E-state index contributed by atoms with van der Waals surface area (Å²) in [6.07, 6.45) is 2.10. The van der Waals surface area contributed by atoms with Crippen LogP contribution < -0.4 is 5.32 Å². The van der Waals surface area contributed by atoms with Gasteiger partial charge in [-0.05, 0) is 17.7 Å². The first-order chi connectivity index (χ1) is 8.20. The third kappa shape index (κ3) is 2.78. The zero-order valence-electron chi connectivity index (χ0n) is 9.16. The van der Waals surface area contributed by atoms with Crippen LogP contribution in [-0.4, -0.2) is 29.1 Å². The third-order valence-electron chi connectivity index (χ3n) is 2.51. The molecule has 0 radical (unpaired) electrons. The number of aliphatic hydroxyl groups excluding tert-OH is 1. The van der Waals surface area contributed by atoms with Gasteiger partial charge in [-0.1, -0.05) is 17.7 Å². The molecule has 2 rings (SSSR count). The van der Waals surface area contributed by atoms with Gasteiger partial charge in [0, 0.05) is 28.7 Å². The number of aromatic amines is 1. The van der Waals surface area contributed by atoms with E-state index in [-0.39, 0.29) is 19.1 Å². The molecule has 0 atom stereocenters. The molecule has 0 fully saturated rings. The summed E-state index contributed by atoms with van der Waals surface area (Å²) in [6, 6.07) is 5.52. The Balaban J connectivity index is 2.16. The quantitative estimate of drug-likeness (QED) is 0.772. The number of carbonyl (C=O) groups is 1. The Morgan fingerprint density at radius 2 is 2.29 bits per heavy atom. The molecule has 4 nitrogen and oxygen atoms in total. The Morgan fingerprint density at radius 1 is 1.47 bits per heavy atom. The molecule has 0 aliphatic rings. The minimum atomic E-state index is -0.102. The molecule has 5 heteroatoms. The number of fused-ring (bicyclic) bond motifs is 1. The van der Waals surface area contributed by atoms with E-state index >= 15 is 0 Å². The van der Waals surface area contributed by atoms with Crippen LogP contribution in [0.3, 0.4) is 0 Å². The SMILES string of the molecule is O=C(Cc1c[nH]c2cc(Cl)ccc12)NCCO. The van der Waals surface area contributed by atoms with Crippen LogP contribution in [0, 0.1) is 0 Å². The first-order valence-electron chi connectivity index (χ1n) is 5.34. The molecule has 1 amide bonds. The third-order valence-corrected chi connectivity index (χ3v) is 2.75. The molecule has 0 aliphatic carbocycles. The van der Waals surface area contributed by atoms with E-state index in [0.29, 0.717) is 11.4 Å². The van der Waals surface area contributed by atoms with Crippen molar-refractivity contribution in [2.45, 2.75) is 6.42 Å². The van der Waals surface area contributed by atoms with Crippen molar-refractivity contribution in [3.05, 3.63) is 35.0 Å². The molecule has 1 aromatic carbocycles. The number of aliphatic hydroxyl groups is 1. The summed E-state index contributed by atoms with van der Waals surface area (Å²) in [5.41, 5.74) is 1.84. The second-order valence-corrected chi connectivity index (χ2v) is 4.19. The average molecular weight is 253 g/mol. The van der Waals surface area contributed by atoms with Gasteiger partial charge < -0.3 is 15.4 Å². The highest BCUT2D eigenvalue weighted by Crippen LogP contribution is 2.22. The van der Waals surface area contributed by atoms with Crippen molar-refractivity contribution in [3.63, 3.8) is 0 Å². The lowest BCUT2D eigenvalue weighted by molar-refractivity contribution is -0.120. The molecule has 0 spiro atoms. The lowest BCUT2D eigenvalue weighted by Gasteiger charge is -2.02. The maximum absolute atomic E-state index is 11.5. The highest BCUT2D eigenvalue weighted by atomic mass is 35.5. The molecular weight excluding hydrogens is 240 g/mol. The van der Waals surface area contributed by atoms with Crippen molar-refractivity contribution < 1.29 is 9.90 Å². The number of hydrogen-bond acceptors (Lipinski definition) is 2. The molecule has 0 saturated heterocycles. The van der Waals surface area contributed by atoms with Crippen molar-refractivity contribution in [3.8, 4) is 0 Å². The smallest absolute Gasteiger partial charge is 0.224 e. The van der Waals surface area contributed by atoms with E-state index in [1.807, 2.05) is 12.1 Å². The fourth-order valence-electron chi connectivity index (χ4n) is 1.74. The zero-order valence-corrected chi connectivity index (χ0v) is 9.92. The summed E-state index contributed by atoms with van der Waals surface area (Å²) < 4.78 is 0. The van der Waals surface area contributed by atoms with Crippen LogP contribution in [-0.2, 0) is 11.2 Å². The van der Waals surface area contributed by atoms with E-state index in [9.17, 15) is 4.79 Å². The van der Waals surface area contributed by atoms with E-state index in [2.05, 4.69) is 10.3 Å². The molecular formula is C12H13ClN2O2. The lowest BCUT2D eigenvalue weighted by atomic mass is 10.1. The first kappa shape index (κ1) is 12.0. The van der Waals surface area contributed by atoms with Gasteiger partial charge in [0.15, 0.2) is 0 Å². The van der Waals surface area contributed by atoms with Crippen LogP contribution in [0.2, 0.25) is 5.02 Å². The van der Waals surface area contributed by atoms with Crippen LogP contribution in [0.4, 0.5) is 0 Å². The number of amides is 1. The summed E-state index contributed by atoms with van der Waals surface area (Å²) in [6.45, 7) is 0.238. The average Bonchev–Trinajstić information content (AvgIpc) is 2.69. The van der Waals surface area contributed by atoms with Crippen molar-refractivity contribution in [1.29, 1.82) is 0 Å². The number of hydrogen-bond donors (Lipinski definition) is 3. The van der Waals surface area contributed by atoms with Crippen LogP contribution in [0.5, 0.6) is 0 Å². The second kappa shape index (κ2) is 5.21. The molecule has 1 heterocycles. The van der Waals surface area contributed by atoms with Gasteiger partial charge in [0.2, 0.25) is 5.91 Å². The van der Waals surface area contributed by atoms with Gasteiger partial charge in [-0.25, -0.2) is 0 Å². The summed E-state index contributed by atoms with van der Waals surface area (Å²) in [4.78, 5) is 14.6. The number of aromatic nitrogens is 1. The van der Waals surface area contributed by atoms with E-state index < -0.39 is 0 Å². The number of rotatable bonds is 4. The molecule has 0 bridgehead atoms. The lowest BCUT2D eigenvalue weighted by Crippen LogP contribution is -2.27. The van der Waals surface area contributed by atoms with Gasteiger partial charge in [0.1, 0.15) is 0 Å². The predicted molar refractivity (Wildman–Crippen MR) is 67.1 cm³/mol. The van der Waals surface area contributed by atoms with Crippen LogP contribution in [0.15, 0.2) is 24.4 Å². The monoisotopic (exact) mass is 252 g/mol. The van der Waals surface area contributed by atoms with Crippen molar-refractivity contribution in [2.24, 2.45) is 0 Å². The van der Waals surface area contributed by atoms with Crippen molar-refractivity contribution >= 4 is 28.4 Å². The second-order valence-electron chi connectivity index (χ2n) is 3.75. The molecule has 2 aromatic rings. The zero-order chi connectivity index (χ0) is 12.3. The van der Waals surface area contributed by atoms with Crippen LogP contribution >= 0.6 is 11.6 Å². The van der Waals surface area contributed by atoms with Gasteiger partial charge in [-0.3, -0.25) is 4.79 Å². The van der Waals surface area contributed by atoms with E-state index in [1.54, 1.807) is 12.3 Å². The fraction of sp³-hybridized carbons (Fsp3) is 0.250. The number of benzene rings is 1. The Hall–Kier alpha value is -1.52. The Bertz CT molecular complexity index is 536. The molecule has 1 aromatic heterocycles. The fourth-order valence-corrected chi connectivity index (χ4v) is 1.91. The predicted octanol–water partition coefficient (Wildman–Crippen LogP) is 1.47. The maximum atomic E-state index is 11.5. The molecule has 0 aliphatic heterocycles. The van der Waals surface area contributed by atoms with Gasteiger partial charge in [0.05, 0.1) is 13.0 Å². The van der Waals surface area contributed by atoms with E-state index in [0.717, 1.165) is 16.5 Å². The highest BCUT2D eigenvalue weighted by molar-refractivity contribution is 6.31. The summed E-state index contributed by atoms with van der Waals surface area (Å²) in [7, 11) is 0. The molecule has 90 valence electrons. The normalized spacial score (nSPS) is 10.7. The largest absolute Gasteiger partial charge is 0.395 e.